The Morgan fingerprint density at radius 1 is 1.27 bits per heavy atom. The number of likely N-dealkylation sites (N-methyl/N-ethyl adjacent to an activating group) is 1. The molecule has 2 fully saturated rings. The van der Waals surface area contributed by atoms with Gasteiger partial charge in [-0.25, -0.2) is 13.1 Å². The second-order valence-corrected chi connectivity index (χ2v) is 8.77. The first-order valence-corrected chi connectivity index (χ1v) is 10.5. The van der Waals surface area contributed by atoms with Crippen molar-refractivity contribution < 1.29 is 18.0 Å². The van der Waals surface area contributed by atoms with Crippen molar-refractivity contribution >= 4 is 21.8 Å². The van der Waals surface area contributed by atoms with Crippen molar-refractivity contribution in [2.24, 2.45) is 5.92 Å². The third kappa shape index (κ3) is 3.61. The molecule has 142 valence electrons. The van der Waals surface area contributed by atoms with Gasteiger partial charge in [0.05, 0.1) is 10.9 Å². The molecule has 0 aromatic heterocycles. The van der Waals surface area contributed by atoms with Crippen LogP contribution in [0.5, 0.6) is 0 Å². The van der Waals surface area contributed by atoms with Crippen molar-refractivity contribution in [1.29, 1.82) is 0 Å². The normalized spacial score (nSPS) is 23.2. The van der Waals surface area contributed by atoms with E-state index in [1.165, 1.54) is 12.1 Å². The number of fused-ring (bicyclic) bond motifs is 1. The molecule has 0 aliphatic carbocycles. The van der Waals surface area contributed by atoms with Gasteiger partial charge in [0, 0.05) is 38.7 Å². The van der Waals surface area contributed by atoms with Crippen LogP contribution in [0.2, 0.25) is 0 Å². The number of benzene rings is 1. The maximum Gasteiger partial charge on any atom is 0.253 e. The van der Waals surface area contributed by atoms with E-state index in [0.717, 1.165) is 6.42 Å². The minimum atomic E-state index is -3.53. The molecule has 26 heavy (non-hydrogen) atoms. The Balaban J connectivity index is 1.70. The Hall–Kier alpha value is -1.93. The van der Waals surface area contributed by atoms with Gasteiger partial charge in [0.2, 0.25) is 15.9 Å². The number of hydrogen-bond acceptors (Lipinski definition) is 4. The topological polar surface area (TPSA) is 86.8 Å². The fraction of sp³-hybridized carbons (Fsp3) is 0.556. The minimum absolute atomic E-state index is 0.0816. The smallest absolute Gasteiger partial charge is 0.253 e. The summed E-state index contributed by atoms with van der Waals surface area (Å²) in [6, 6.07) is 6.11. The molecule has 1 N–H and O–H groups in total. The number of likely N-dealkylation sites (tertiary alicyclic amines) is 2. The number of nitrogens with zero attached hydrogens (tertiary/aromatic N) is 2. The van der Waals surface area contributed by atoms with Gasteiger partial charge >= 0.3 is 0 Å². The number of nitrogens with one attached hydrogen (secondary N) is 1. The highest BCUT2D eigenvalue weighted by molar-refractivity contribution is 7.89. The number of piperidine rings is 1. The predicted molar refractivity (Wildman–Crippen MR) is 97.1 cm³/mol. The lowest BCUT2D eigenvalue weighted by Crippen LogP contribution is -2.49. The lowest BCUT2D eigenvalue weighted by atomic mass is 9.92. The van der Waals surface area contributed by atoms with Gasteiger partial charge in [0.25, 0.3) is 5.91 Å². The monoisotopic (exact) mass is 379 g/mol. The van der Waals surface area contributed by atoms with Crippen molar-refractivity contribution in [3.63, 3.8) is 0 Å². The summed E-state index contributed by atoms with van der Waals surface area (Å²) >= 11 is 0. The molecular formula is C18H25N3O4S. The maximum atomic E-state index is 12.8. The lowest BCUT2D eigenvalue weighted by Gasteiger charge is -2.37. The van der Waals surface area contributed by atoms with Crippen molar-refractivity contribution in [3.05, 3.63) is 29.8 Å². The summed E-state index contributed by atoms with van der Waals surface area (Å²) in [6.07, 6.45) is 2.10. The summed E-state index contributed by atoms with van der Waals surface area (Å²) in [5.74, 6) is 0.346. The standard InChI is InChI=1S/C18H25N3O4S/c1-3-9-19-26(24,25)15-6-4-13(5-7-15)18(23)21-10-8-14-11-17(22)20(2)16(14)12-21/h4-7,14,16,19H,3,8-12H2,1-2H3/t14-,16-/m1/s1. The Morgan fingerprint density at radius 2 is 1.96 bits per heavy atom. The van der Waals surface area contributed by atoms with E-state index in [1.54, 1.807) is 29.0 Å². The molecule has 2 atom stereocenters. The first-order chi connectivity index (χ1) is 12.3. The van der Waals surface area contributed by atoms with Crippen LogP contribution in [-0.2, 0) is 14.8 Å². The van der Waals surface area contributed by atoms with Crippen LogP contribution in [0, 0.1) is 5.92 Å². The van der Waals surface area contributed by atoms with Crippen LogP contribution in [-0.4, -0.2) is 62.8 Å². The number of sulfonamides is 1. The van der Waals surface area contributed by atoms with Crippen molar-refractivity contribution in [3.8, 4) is 0 Å². The van der Waals surface area contributed by atoms with Crippen LogP contribution in [0.1, 0.15) is 36.5 Å². The summed E-state index contributed by atoms with van der Waals surface area (Å²) < 4.78 is 26.8. The van der Waals surface area contributed by atoms with Crippen LogP contribution in [0.4, 0.5) is 0 Å². The average Bonchev–Trinajstić information content (AvgIpc) is 2.93. The van der Waals surface area contributed by atoms with Gasteiger partial charge in [-0.3, -0.25) is 9.59 Å². The molecule has 0 spiro atoms. The van der Waals surface area contributed by atoms with Crippen molar-refractivity contribution in [2.75, 3.05) is 26.7 Å². The van der Waals surface area contributed by atoms with Crippen molar-refractivity contribution in [2.45, 2.75) is 37.1 Å². The van der Waals surface area contributed by atoms with E-state index < -0.39 is 10.0 Å². The molecular weight excluding hydrogens is 354 g/mol. The molecule has 0 bridgehead atoms. The number of amides is 2. The number of rotatable bonds is 5. The van der Waals surface area contributed by atoms with Crippen LogP contribution in [0.15, 0.2) is 29.2 Å². The first kappa shape index (κ1) is 18.8. The number of carbonyl (C=O) groups is 2. The van der Waals surface area contributed by atoms with E-state index >= 15 is 0 Å². The summed E-state index contributed by atoms with van der Waals surface area (Å²) in [5.41, 5.74) is 0.463. The summed E-state index contributed by atoms with van der Waals surface area (Å²) in [5, 5.41) is 0. The van der Waals surface area contributed by atoms with Crippen molar-refractivity contribution in [1.82, 2.24) is 14.5 Å². The highest BCUT2D eigenvalue weighted by Crippen LogP contribution is 2.31. The fourth-order valence-corrected chi connectivity index (χ4v) is 4.81. The van der Waals surface area contributed by atoms with Gasteiger partial charge in [0.15, 0.2) is 0 Å². The Bertz CT molecular complexity index is 791. The van der Waals surface area contributed by atoms with Crippen LogP contribution in [0.25, 0.3) is 0 Å². The van der Waals surface area contributed by atoms with Crippen LogP contribution >= 0.6 is 0 Å². The van der Waals surface area contributed by atoms with Gasteiger partial charge in [-0.1, -0.05) is 6.92 Å². The largest absolute Gasteiger partial charge is 0.341 e. The molecule has 7 nitrogen and oxygen atoms in total. The lowest BCUT2D eigenvalue weighted by molar-refractivity contribution is -0.127. The van der Waals surface area contributed by atoms with Crippen LogP contribution < -0.4 is 4.72 Å². The van der Waals surface area contributed by atoms with Gasteiger partial charge in [0.1, 0.15) is 0 Å². The van der Waals surface area contributed by atoms with E-state index in [0.29, 0.717) is 44.0 Å². The van der Waals surface area contributed by atoms with E-state index in [9.17, 15) is 18.0 Å². The zero-order valence-electron chi connectivity index (χ0n) is 15.1. The van der Waals surface area contributed by atoms with Gasteiger partial charge < -0.3 is 9.80 Å². The molecule has 0 saturated carbocycles. The summed E-state index contributed by atoms with van der Waals surface area (Å²) in [6.45, 7) is 3.43. The molecule has 8 heteroatoms. The minimum Gasteiger partial charge on any atom is -0.341 e. The summed E-state index contributed by atoms with van der Waals surface area (Å²) in [4.78, 5) is 28.3. The second kappa shape index (κ2) is 7.36. The van der Waals surface area contributed by atoms with Gasteiger partial charge in [-0.15, -0.1) is 0 Å². The highest BCUT2D eigenvalue weighted by Gasteiger charge is 2.42. The Labute approximate surface area is 154 Å². The molecule has 3 rings (SSSR count). The molecule has 2 amide bonds. The molecule has 2 saturated heterocycles. The van der Waals surface area contributed by atoms with E-state index in [1.807, 2.05) is 6.92 Å². The van der Waals surface area contributed by atoms with E-state index in [4.69, 9.17) is 0 Å². The zero-order chi connectivity index (χ0) is 18.9. The molecule has 2 aliphatic heterocycles. The average molecular weight is 379 g/mol. The summed E-state index contributed by atoms with van der Waals surface area (Å²) in [7, 11) is -1.74. The molecule has 0 radical (unpaired) electrons. The zero-order valence-corrected chi connectivity index (χ0v) is 16.0. The number of carbonyl (C=O) groups excluding carboxylic acids is 2. The molecule has 2 aliphatic rings. The molecule has 2 heterocycles. The predicted octanol–water partition coefficient (Wildman–Crippen LogP) is 1.07. The van der Waals surface area contributed by atoms with E-state index in [-0.39, 0.29) is 22.8 Å². The SMILES string of the molecule is CCCNS(=O)(=O)c1ccc(C(=O)N2CC[C@@H]3CC(=O)N(C)[C@@H]3C2)cc1. The maximum absolute atomic E-state index is 12.8. The van der Waals surface area contributed by atoms with Crippen LogP contribution in [0.3, 0.4) is 0 Å². The molecule has 0 unspecified atom stereocenters. The molecule has 1 aromatic carbocycles. The Kier molecular flexibility index (Phi) is 5.34. The van der Waals surface area contributed by atoms with Gasteiger partial charge in [-0.05, 0) is 43.0 Å². The molecule has 1 aromatic rings. The van der Waals surface area contributed by atoms with Gasteiger partial charge in [-0.2, -0.15) is 0 Å². The first-order valence-electron chi connectivity index (χ1n) is 8.98. The fourth-order valence-electron chi connectivity index (χ4n) is 3.67. The third-order valence-electron chi connectivity index (χ3n) is 5.29. The highest BCUT2D eigenvalue weighted by atomic mass is 32.2. The Morgan fingerprint density at radius 3 is 2.62 bits per heavy atom. The number of hydrogen-bond donors (Lipinski definition) is 1. The second-order valence-electron chi connectivity index (χ2n) is 7.00. The quantitative estimate of drug-likeness (QED) is 0.829. The third-order valence-corrected chi connectivity index (χ3v) is 6.77. The van der Waals surface area contributed by atoms with E-state index in [2.05, 4.69) is 4.72 Å².